The molecule has 0 radical (unpaired) electrons. The van der Waals surface area contributed by atoms with Crippen LogP contribution < -0.4 is 10.6 Å². The lowest BCUT2D eigenvalue weighted by Crippen LogP contribution is -2.23. The topological polar surface area (TPSA) is 107 Å². The largest absolute Gasteiger partial charge is 0.346 e. The van der Waals surface area contributed by atoms with Crippen molar-refractivity contribution in [2.45, 2.75) is 6.54 Å². The zero-order chi connectivity index (χ0) is 26.6. The van der Waals surface area contributed by atoms with E-state index in [2.05, 4.69) is 25.8 Å². The van der Waals surface area contributed by atoms with Crippen molar-refractivity contribution in [1.82, 2.24) is 29.9 Å². The predicted octanol–water partition coefficient (Wildman–Crippen LogP) is 5.16. The molecule has 11 heteroatoms. The van der Waals surface area contributed by atoms with Gasteiger partial charge in [0.2, 0.25) is 0 Å². The maximum atomic E-state index is 13.4. The van der Waals surface area contributed by atoms with E-state index in [1.54, 1.807) is 42.3 Å². The molecule has 2 amide bonds. The second-order valence-corrected chi connectivity index (χ2v) is 9.16. The minimum Gasteiger partial charge on any atom is -0.346 e. The van der Waals surface area contributed by atoms with Crippen LogP contribution in [0.1, 0.15) is 26.4 Å². The lowest BCUT2D eigenvalue weighted by Gasteiger charge is -2.12. The van der Waals surface area contributed by atoms with Gasteiger partial charge >= 0.3 is 0 Å². The van der Waals surface area contributed by atoms with Crippen molar-refractivity contribution < 1.29 is 9.59 Å². The van der Waals surface area contributed by atoms with Crippen LogP contribution in [0.3, 0.4) is 0 Å². The Morgan fingerprint density at radius 2 is 1.74 bits per heavy atom. The Morgan fingerprint density at radius 3 is 2.45 bits per heavy atom. The monoisotopic (exact) mass is 545 g/mol. The number of halogens is 2. The van der Waals surface area contributed by atoms with Crippen molar-refractivity contribution in [2.24, 2.45) is 7.05 Å². The highest BCUT2D eigenvalue weighted by Gasteiger charge is 2.21. The third-order valence-electron chi connectivity index (χ3n) is 5.64. The fourth-order valence-electron chi connectivity index (χ4n) is 3.81. The number of para-hydroxylation sites is 1. The molecule has 0 unspecified atom stereocenters. The minimum absolute atomic E-state index is 0.129. The van der Waals surface area contributed by atoms with Crippen LogP contribution >= 0.6 is 23.2 Å². The Morgan fingerprint density at radius 1 is 0.947 bits per heavy atom. The summed E-state index contributed by atoms with van der Waals surface area (Å²) in [6.07, 6.45) is 5.12. The standard InChI is InChI=1S/C27H21Cl2N7O2/c1-35-16-17(15-32-35)14-31-27(38)24-13-25(36(34-24)18-7-3-2-4-8-18)33-26(37)20-11-19(21(28)12-22(20)29)23-9-5-6-10-30-23/h2-13,15-16H,14H2,1H3,(H,31,38)(H,33,37). The van der Waals surface area contributed by atoms with Gasteiger partial charge in [-0.05, 0) is 36.4 Å². The SMILES string of the molecule is Cn1cc(CNC(=O)c2cc(NC(=O)c3cc(-c4ccccn4)c(Cl)cc3Cl)n(-c3ccccc3)n2)cn1. The number of benzene rings is 2. The van der Waals surface area contributed by atoms with Crippen molar-refractivity contribution in [3.8, 4) is 16.9 Å². The summed E-state index contributed by atoms with van der Waals surface area (Å²) < 4.78 is 3.14. The second kappa shape index (κ2) is 10.9. The molecule has 3 aromatic heterocycles. The molecule has 9 nitrogen and oxygen atoms in total. The number of hydrogen-bond acceptors (Lipinski definition) is 5. The summed E-state index contributed by atoms with van der Waals surface area (Å²) >= 11 is 12.8. The molecule has 0 spiro atoms. The molecule has 0 bridgehead atoms. The van der Waals surface area contributed by atoms with Crippen LogP contribution in [0.2, 0.25) is 10.0 Å². The van der Waals surface area contributed by atoms with E-state index in [1.807, 2.05) is 42.6 Å². The lowest BCUT2D eigenvalue weighted by atomic mass is 10.1. The van der Waals surface area contributed by atoms with Gasteiger partial charge in [0.25, 0.3) is 11.8 Å². The molecule has 2 aromatic carbocycles. The van der Waals surface area contributed by atoms with Gasteiger partial charge in [0.15, 0.2) is 5.69 Å². The molecular formula is C27H21Cl2N7O2. The number of hydrogen-bond donors (Lipinski definition) is 2. The van der Waals surface area contributed by atoms with Crippen molar-refractivity contribution in [1.29, 1.82) is 0 Å². The normalized spacial score (nSPS) is 10.8. The van der Waals surface area contributed by atoms with Crippen LogP contribution in [0.25, 0.3) is 16.9 Å². The van der Waals surface area contributed by atoms with Gasteiger partial charge in [-0.15, -0.1) is 0 Å². The van der Waals surface area contributed by atoms with Crippen molar-refractivity contribution in [2.75, 3.05) is 5.32 Å². The second-order valence-electron chi connectivity index (χ2n) is 8.35. The van der Waals surface area contributed by atoms with Crippen LogP contribution in [0.4, 0.5) is 5.82 Å². The molecule has 2 N–H and O–H groups in total. The Kier molecular flexibility index (Phi) is 7.21. The van der Waals surface area contributed by atoms with Gasteiger partial charge in [-0.2, -0.15) is 10.2 Å². The van der Waals surface area contributed by atoms with Crippen LogP contribution in [-0.2, 0) is 13.6 Å². The van der Waals surface area contributed by atoms with Crippen LogP contribution in [-0.4, -0.2) is 36.4 Å². The summed E-state index contributed by atoms with van der Waals surface area (Å²) in [6, 6.07) is 19.2. The number of nitrogens with zero attached hydrogens (tertiary/aromatic N) is 5. The number of aryl methyl sites for hydroxylation is 1. The number of anilines is 1. The lowest BCUT2D eigenvalue weighted by molar-refractivity contribution is 0.0944. The molecule has 5 rings (SSSR count). The number of pyridine rings is 1. The maximum Gasteiger partial charge on any atom is 0.272 e. The van der Waals surface area contributed by atoms with E-state index in [0.717, 1.165) is 5.56 Å². The van der Waals surface area contributed by atoms with E-state index < -0.39 is 11.8 Å². The first kappa shape index (κ1) is 25.2. The summed E-state index contributed by atoms with van der Waals surface area (Å²) in [5, 5.41) is 14.8. The average molecular weight is 546 g/mol. The zero-order valence-corrected chi connectivity index (χ0v) is 21.6. The van der Waals surface area contributed by atoms with E-state index in [0.29, 0.717) is 22.0 Å². The maximum absolute atomic E-state index is 13.4. The van der Waals surface area contributed by atoms with Gasteiger partial charge in [-0.25, -0.2) is 4.68 Å². The van der Waals surface area contributed by atoms with Gasteiger partial charge in [0.1, 0.15) is 5.82 Å². The van der Waals surface area contributed by atoms with Gasteiger partial charge < -0.3 is 10.6 Å². The molecule has 0 aliphatic heterocycles. The molecule has 3 heterocycles. The summed E-state index contributed by atoms with van der Waals surface area (Å²) in [7, 11) is 1.80. The number of rotatable bonds is 7. The van der Waals surface area contributed by atoms with Gasteiger partial charge in [0, 0.05) is 43.2 Å². The molecule has 38 heavy (non-hydrogen) atoms. The first-order valence-corrected chi connectivity index (χ1v) is 12.3. The number of nitrogens with one attached hydrogen (secondary N) is 2. The smallest absolute Gasteiger partial charge is 0.272 e. The van der Waals surface area contributed by atoms with E-state index in [9.17, 15) is 9.59 Å². The number of amides is 2. The Labute approximate surface area is 228 Å². The zero-order valence-electron chi connectivity index (χ0n) is 20.1. The Hall–Kier alpha value is -4.47. The highest BCUT2D eigenvalue weighted by molar-refractivity contribution is 6.38. The van der Waals surface area contributed by atoms with Crippen molar-refractivity contribution in [3.63, 3.8) is 0 Å². The molecule has 5 aromatic rings. The number of carbonyl (C=O) groups is 2. The Balaban J connectivity index is 1.45. The third kappa shape index (κ3) is 5.44. The van der Waals surface area contributed by atoms with E-state index in [1.165, 1.54) is 16.8 Å². The Bertz CT molecular complexity index is 1620. The van der Waals surface area contributed by atoms with Crippen molar-refractivity contribution >= 4 is 40.8 Å². The van der Waals surface area contributed by atoms with Crippen LogP contribution in [0.5, 0.6) is 0 Å². The fraction of sp³-hybridized carbons (Fsp3) is 0.0741. The molecule has 0 atom stereocenters. The molecule has 0 aliphatic rings. The average Bonchev–Trinajstić information content (AvgIpc) is 3.54. The third-order valence-corrected chi connectivity index (χ3v) is 6.26. The highest BCUT2D eigenvalue weighted by Crippen LogP contribution is 2.32. The van der Waals surface area contributed by atoms with Gasteiger partial charge in [-0.3, -0.25) is 19.3 Å². The summed E-state index contributed by atoms with van der Waals surface area (Å²) in [6.45, 7) is 0.281. The summed E-state index contributed by atoms with van der Waals surface area (Å²) in [5.41, 5.74) is 2.99. The molecule has 190 valence electrons. The molecule has 0 fully saturated rings. The first-order valence-electron chi connectivity index (χ1n) is 11.5. The quantitative estimate of drug-likeness (QED) is 0.294. The highest BCUT2D eigenvalue weighted by atomic mass is 35.5. The van der Waals surface area contributed by atoms with Gasteiger partial charge in [0.05, 0.1) is 33.2 Å². The predicted molar refractivity (Wildman–Crippen MR) is 146 cm³/mol. The summed E-state index contributed by atoms with van der Waals surface area (Å²) in [5.74, 6) is -0.609. The van der Waals surface area contributed by atoms with Crippen LogP contribution in [0.15, 0.2) is 85.3 Å². The molecule has 0 saturated carbocycles. The minimum atomic E-state index is -0.497. The first-order chi connectivity index (χ1) is 18.4. The molecule has 0 saturated heterocycles. The van der Waals surface area contributed by atoms with E-state index >= 15 is 0 Å². The molecule has 0 aliphatic carbocycles. The fourth-order valence-corrected chi connectivity index (χ4v) is 4.37. The van der Waals surface area contributed by atoms with Crippen LogP contribution in [0, 0.1) is 0 Å². The number of aromatic nitrogens is 5. The molecular weight excluding hydrogens is 525 g/mol. The summed E-state index contributed by atoms with van der Waals surface area (Å²) in [4.78, 5) is 30.6. The number of carbonyl (C=O) groups excluding carboxylic acids is 2. The van der Waals surface area contributed by atoms with Gasteiger partial charge in [-0.1, -0.05) is 47.5 Å². The van der Waals surface area contributed by atoms with Crippen molar-refractivity contribution in [3.05, 3.63) is 112 Å². The van der Waals surface area contributed by atoms with E-state index in [4.69, 9.17) is 23.2 Å². The van der Waals surface area contributed by atoms with E-state index in [-0.39, 0.29) is 28.6 Å².